The molecule has 0 spiro atoms. The van der Waals surface area contributed by atoms with E-state index in [0.717, 1.165) is 47.9 Å². The van der Waals surface area contributed by atoms with Crippen molar-refractivity contribution in [1.82, 2.24) is 10.0 Å². The maximum absolute atomic E-state index is 13.4. The van der Waals surface area contributed by atoms with Crippen LogP contribution < -0.4 is 15.8 Å². The van der Waals surface area contributed by atoms with Crippen LogP contribution in [0.1, 0.15) is 90.0 Å². The van der Waals surface area contributed by atoms with Crippen molar-refractivity contribution in [2.24, 2.45) is 5.73 Å². The smallest absolute Gasteiger partial charge is 0.297 e. The van der Waals surface area contributed by atoms with E-state index in [9.17, 15) is 16.8 Å². The second-order valence-corrected chi connectivity index (χ2v) is 21.4. The standard InChI is InChI=1S/C30H34N2O3S.C16H20O4S.C15H17N/c1-24-17-19-28(20-18-24)36(33,34)32-30(27-15-9-4-10-16-27)29(26-13-7-3-8-14-26)31-21-22-35-23-25-11-5-2-6-12-25;1-14-7-9-16(10-8-14)21(17,18)20-12-11-19-13-15-5-3-2-4-6-15;1-12(13-8-4-2-5-9-13)15(16)14-10-6-3-7-11-14/h2-5,7-10,12-20,29-32H,6,11,21-23H2,1H3;2-3,6-10H,4-5,11-13H2,1H3;2-12,15H,16H2,1H3/t29-,30-;;12-,15+/m1.1/s1. The van der Waals surface area contributed by atoms with Crippen LogP contribution in [0.3, 0.4) is 0 Å². The van der Waals surface area contributed by atoms with Gasteiger partial charge in [0.1, 0.15) is 0 Å². The molecule has 0 aliphatic heterocycles. The van der Waals surface area contributed by atoms with E-state index in [1.54, 1.807) is 36.4 Å². The highest BCUT2D eigenvalue weighted by Gasteiger charge is 2.30. The Morgan fingerprint density at radius 3 is 1.42 bits per heavy atom. The molecule has 6 aromatic rings. The molecule has 8 rings (SSSR count). The van der Waals surface area contributed by atoms with E-state index >= 15 is 0 Å². The molecule has 0 fully saturated rings. The third kappa shape index (κ3) is 18.7. The van der Waals surface area contributed by atoms with Crippen molar-refractivity contribution < 1.29 is 30.5 Å². The molecule has 0 radical (unpaired) electrons. The summed E-state index contributed by atoms with van der Waals surface area (Å²) in [7, 11) is -7.45. The third-order valence-electron chi connectivity index (χ3n) is 12.5. The lowest BCUT2D eigenvalue weighted by atomic mass is 9.89. The van der Waals surface area contributed by atoms with Gasteiger partial charge in [-0.25, -0.2) is 13.1 Å². The molecule has 12 heteroatoms. The Morgan fingerprint density at radius 1 is 0.507 bits per heavy atom. The quantitative estimate of drug-likeness (QED) is 0.0344. The van der Waals surface area contributed by atoms with Crippen LogP contribution in [0.2, 0.25) is 0 Å². The second kappa shape index (κ2) is 29.6. The molecular weight excluding hydrogens is 951 g/mol. The fourth-order valence-electron chi connectivity index (χ4n) is 8.16. The lowest BCUT2D eigenvalue weighted by molar-refractivity contribution is 0.118. The number of aryl methyl sites for hydroxylation is 2. The zero-order valence-electron chi connectivity index (χ0n) is 42.3. The molecule has 2 aliphatic carbocycles. The summed E-state index contributed by atoms with van der Waals surface area (Å²) in [6.07, 6.45) is 16.7. The molecule has 73 heavy (non-hydrogen) atoms. The second-order valence-electron chi connectivity index (χ2n) is 18.0. The average Bonchev–Trinajstić information content (AvgIpc) is 3.43. The van der Waals surface area contributed by atoms with Crippen molar-refractivity contribution in [1.29, 1.82) is 0 Å². The molecule has 0 bridgehead atoms. The molecule has 0 heterocycles. The number of allylic oxidation sites excluding steroid dienone is 6. The van der Waals surface area contributed by atoms with Crippen LogP contribution in [0.15, 0.2) is 227 Å². The van der Waals surface area contributed by atoms with Crippen molar-refractivity contribution in [3.63, 3.8) is 0 Å². The number of hydrogen-bond donors (Lipinski definition) is 3. The number of nitrogens with two attached hydrogens (primary N) is 1. The summed E-state index contributed by atoms with van der Waals surface area (Å²) < 4.78 is 70.0. The summed E-state index contributed by atoms with van der Waals surface area (Å²) in [5.41, 5.74) is 15.2. The molecule has 0 saturated heterocycles. The van der Waals surface area contributed by atoms with Crippen LogP contribution in [-0.2, 0) is 33.8 Å². The summed E-state index contributed by atoms with van der Waals surface area (Å²) in [5.74, 6) is 0.337. The molecule has 2 aliphatic rings. The maximum Gasteiger partial charge on any atom is 0.297 e. The molecule has 6 aromatic carbocycles. The number of ether oxygens (including phenoxy) is 2. The van der Waals surface area contributed by atoms with Crippen molar-refractivity contribution in [2.75, 3.05) is 39.6 Å². The topological polar surface area (TPSA) is 146 Å². The van der Waals surface area contributed by atoms with Gasteiger partial charge in [-0.3, -0.25) is 4.18 Å². The summed E-state index contributed by atoms with van der Waals surface area (Å²) in [6.45, 7) is 8.55. The van der Waals surface area contributed by atoms with Gasteiger partial charge in [0.25, 0.3) is 10.1 Å². The first-order chi connectivity index (χ1) is 35.4. The molecule has 0 unspecified atom stereocenters. The van der Waals surface area contributed by atoms with Crippen molar-refractivity contribution in [2.45, 2.75) is 80.3 Å². The van der Waals surface area contributed by atoms with E-state index in [4.69, 9.17) is 19.4 Å². The van der Waals surface area contributed by atoms with E-state index in [-0.39, 0.29) is 35.1 Å². The lowest BCUT2D eigenvalue weighted by Crippen LogP contribution is -2.39. The van der Waals surface area contributed by atoms with Gasteiger partial charge >= 0.3 is 0 Å². The Labute approximate surface area is 434 Å². The molecule has 0 amide bonds. The Kier molecular flexibility index (Phi) is 22.8. The van der Waals surface area contributed by atoms with Crippen LogP contribution in [0.5, 0.6) is 0 Å². The highest BCUT2D eigenvalue weighted by molar-refractivity contribution is 7.89. The Hall–Kier alpha value is -6.06. The van der Waals surface area contributed by atoms with Gasteiger partial charge in [-0.2, -0.15) is 8.42 Å². The third-order valence-corrected chi connectivity index (χ3v) is 15.2. The van der Waals surface area contributed by atoms with Gasteiger partial charge in [0.2, 0.25) is 10.0 Å². The van der Waals surface area contributed by atoms with E-state index in [0.29, 0.717) is 32.3 Å². The fourth-order valence-corrected chi connectivity index (χ4v) is 10.3. The summed E-state index contributed by atoms with van der Waals surface area (Å²) >= 11 is 0. The van der Waals surface area contributed by atoms with Gasteiger partial charge in [-0.1, -0.05) is 200 Å². The number of benzene rings is 6. The number of nitrogens with one attached hydrogen (secondary N) is 2. The van der Waals surface area contributed by atoms with Crippen LogP contribution in [0.4, 0.5) is 0 Å². The Balaban J connectivity index is 0.000000198. The van der Waals surface area contributed by atoms with Gasteiger partial charge in [0.05, 0.1) is 54.9 Å². The minimum absolute atomic E-state index is 0.0271. The van der Waals surface area contributed by atoms with Crippen molar-refractivity contribution >= 4 is 20.1 Å². The SMILES string of the molecule is C[C@H](c1ccccc1)[C@H](N)c1ccccc1.Cc1ccc(S(=O)(=O)N[C@H](c2ccccc2)[C@H](NCCOCC2=CCC=CC2)c2ccccc2)cc1.Cc1ccc(S(=O)(=O)OCCOCC2=CCC=CC2)cc1. The van der Waals surface area contributed by atoms with E-state index in [1.165, 1.54) is 22.3 Å². The summed E-state index contributed by atoms with van der Waals surface area (Å²) in [4.78, 5) is 0.423. The van der Waals surface area contributed by atoms with Crippen LogP contribution in [0.25, 0.3) is 0 Å². The normalized spacial score (nSPS) is 15.0. The van der Waals surface area contributed by atoms with Gasteiger partial charge in [-0.05, 0) is 97.2 Å². The average molecular weight is 1020 g/mol. The fraction of sp³-hybridized carbons (Fsp3) is 0.279. The molecule has 384 valence electrons. The molecule has 0 aromatic heterocycles. The van der Waals surface area contributed by atoms with Crippen LogP contribution in [-0.4, -0.2) is 56.4 Å². The van der Waals surface area contributed by atoms with Gasteiger partial charge in [0.15, 0.2) is 0 Å². The zero-order valence-corrected chi connectivity index (χ0v) is 43.9. The monoisotopic (exact) mass is 1020 g/mol. The molecule has 0 saturated carbocycles. The molecule has 4 atom stereocenters. The lowest BCUT2D eigenvalue weighted by Gasteiger charge is -2.30. The van der Waals surface area contributed by atoms with Gasteiger partial charge in [-0.15, -0.1) is 0 Å². The highest BCUT2D eigenvalue weighted by atomic mass is 32.2. The van der Waals surface area contributed by atoms with E-state index in [1.807, 2.05) is 111 Å². The predicted octanol–water partition coefficient (Wildman–Crippen LogP) is 12.1. The highest BCUT2D eigenvalue weighted by Crippen LogP contribution is 2.31. The van der Waals surface area contributed by atoms with Gasteiger partial charge < -0.3 is 20.5 Å². The number of hydrogen-bond acceptors (Lipinski definition) is 9. The van der Waals surface area contributed by atoms with Crippen LogP contribution >= 0.6 is 0 Å². The summed E-state index contributed by atoms with van der Waals surface area (Å²) in [6, 6.07) is 53.1. The number of rotatable bonds is 22. The van der Waals surface area contributed by atoms with E-state index in [2.05, 4.69) is 89.8 Å². The molecular formula is C61H71N3O7S2. The zero-order chi connectivity index (χ0) is 51.7. The molecule has 4 N–H and O–H groups in total. The molecule has 10 nitrogen and oxygen atoms in total. The maximum atomic E-state index is 13.4. The Bertz CT molecular complexity index is 2850. The minimum Gasteiger partial charge on any atom is -0.376 e. The van der Waals surface area contributed by atoms with Gasteiger partial charge in [0, 0.05) is 18.5 Å². The predicted molar refractivity (Wildman–Crippen MR) is 295 cm³/mol. The Morgan fingerprint density at radius 2 is 0.945 bits per heavy atom. The first-order valence-corrected chi connectivity index (χ1v) is 27.8. The van der Waals surface area contributed by atoms with Crippen molar-refractivity contribution in [3.8, 4) is 0 Å². The van der Waals surface area contributed by atoms with E-state index < -0.39 is 26.2 Å². The minimum atomic E-state index is -3.76. The first-order valence-electron chi connectivity index (χ1n) is 24.9. The summed E-state index contributed by atoms with van der Waals surface area (Å²) in [5, 5.41) is 3.57. The van der Waals surface area contributed by atoms with Crippen LogP contribution in [0, 0.1) is 13.8 Å². The first kappa shape index (κ1) is 56.2. The number of sulfonamides is 1. The van der Waals surface area contributed by atoms with Crippen molar-refractivity contribution in [3.05, 3.63) is 251 Å². The largest absolute Gasteiger partial charge is 0.376 e.